The lowest BCUT2D eigenvalue weighted by atomic mass is 10.2. The Kier molecular flexibility index (Phi) is 4.13. The Bertz CT molecular complexity index is 564. The van der Waals surface area contributed by atoms with Crippen LogP contribution in [-0.4, -0.2) is 12.9 Å². The zero-order chi connectivity index (χ0) is 13.7. The minimum atomic E-state index is -0.509. The highest BCUT2D eigenvalue weighted by Crippen LogP contribution is 2.25. The lowest BCUT2D eigenvalue weighted by Gasteiger charge is -2.08. The zero-order valence-electron chi connectivity index (χ0n) is 10.4. The molecule has 0 spiro atoms. The molecule has 3 nitrogen and oxygen atoms in total. The van der Waals surface area contributed by atoms with Gasteiger partial charge < -0.3 is 9.47 Å². The number of carbonyl (C=O) groups excluding carboxylic acids is 1. The summed E-state index contributed by atoms with van der Waals surface area (Å²) in [5.74, 6) is 1.06. The van der Waals surface area contributed by atoms with E-state index in [1.165, 1.54) is 12.1 Å². The Hall–Kier alpha value is -2.36. The molecule has 0 fully saturated rings. The van der Waals surface area contributed by atoms with Crippen LogP contribution in [-0.2, 0) is 0 Å². The number of benzene rings is 2. The van der Waals surface area contributed by atoms with Crippen LogP contribution in [0.1, 0.15) is 17.3 Å². The van der Waals surface area contributed by atoms with Crippen molar-refractivity contribution in [2.45, 2.75) is 6.92 Å². The van der Waals surface area contributed by atoms with Crippen molar-refractivity contribution in [2.75, 3.05) is 6.61 Å². The van der Waals surface area contributed by atoms with Crippen LogP contribution in [0.25, 0.3) is 0 Å². The van der Waals surface area contributed by atoms with Gasteiger partial charge in [-0.15, -0.1) is 0 Å². The average Bonchev–Trinajstić information content (AvgIpc) is 2.40. The predicted octanol–water partition coefficient (Wildman–Crippen LogP) is 3.83. The van der Waals surface area contributed by atoms with Crippen LogP contribution in [0.15, 0.2) is 42.5 Å². The maximum atomic E-state index is 13.2. The van der Waals surface area contributed by atoms with Crippen LogP contribution in [0.4, 0.5) is 4.39 Å². The highest BCUT2D eigenvalue weighted by Gasteiger charge is 2.03. The molecule has 4 heteroatoms. The first-order chi connectivity index (χ1) is 9.21. The first kappa shape index (κ1) is 13.1. The maximum Gasteiger partial charge on any atom is 0.150 e. The van der Waals surface area contributed by atoms with E-state index in [0.29, 0.717) is 18.6 Å². The first-order valence-electron chi connectivity index (χ1n) is 5.87. The molecular weight excluding hydrogens is 247 g/mol. The van der Waals surface area contributed by atoms with Crippen molar-refractivity contribution in [1.82, 2.24) is 0 Å². The third-order valence-electron chi connectivity index (χ3n) is 2.40. The van der Waals surface area contributed by atoms with E-state index in [1.807, 2.05) is 6.92 Å². The molecular formula is C15H13FO3. The van der Waals surface area contributed by atoms with Crippen LogP contribution in [0.3, 0.4) is 0 Å². The summed E-state index contributed by atoms with van der Waals surface area (Å²) in [6.45, 7) is 2.49. The summed E-state index contributed by atoms with van der Waals surface area (Å²) < 4.78 is 24.0. The summed E-state index contributed by atoms with van der Waals surface area (Å²) in [7, 11) is 0. The smallest absolute Gasteiger partial charge is 0.150 e. The Balaban J connectivity index is 2.16. The Morgan fingerprint density at radius 1 is 1.05 bits per heavy atom. The molecule has 0 radical (unpaired) electrons. The lowest BCUT2D eigenvalue weighted by Crippen LogP contribution is -1.92. The molecule has 0 aliphatic carbocycles. The molecule has 0 heterocycles. The highest BCUT2D eigenvalue weighted by atomic mass is 19.1. The van der Waals surface area contributed by atoms with E-state index in [2.05, 4.69) is 0 Å². The van der Waals surface area contributed by atoms with Gasteiger partial charge in [0.2, 0.25) is 0 Å². The SMILES string of the molecule is CCOc1ccc(Oc2cc(F)cc(C=O)c2)cc1. The van der Waals surface area contributed by atoms with E-state index in [0.717, 1.165) is 11.8 Å². The quantitative estimate of drug-likeness (QED) is 0.766. The topological polar surface area (TPSA) is 35.5 Å². The van der Waals surface area contributed by atoms with E-state index in [4.69, 9.17) is 9.47 Å². The van der Waals surface area contributed by atoms with Crippen LogP contribution < -0.4 is 9.47 Å². The zero-order valence-corrected chi connectivity index (χ0v) is 10.4. The second kappa shape index (κ2) is 6.00. The fourth-order valence-corrected chi connectivity index (χ4v) is 1.62. The summed E-state index contributed by atoms with van der Waals surface area (Å²) in [6, 6.07) is 10.8. The molecule has 0 amide bonds. The van der Waals surface area contributed by atoms with Gasteiger partial charge in [0.15, 0.2) is 0 Å². The van der Waals surface area contributed by atoms with E-state index in [1.54, 1.807) is 24.3 Å². The fraction of sp³-hybridized carbons (Fsp3) is 0.133. The van der Waals surface area contributed by atoms with Crippen molar-refractivity contribution in [3.63, 3.8) is 0 Å². The number of halogens is 1. The van der Waals surface area contributed by atoms with Gasteiger partial charge >= 0.3 is 0 Å². The molecule has 19 heavy (non-hydrogen) atoms. The molecule has 0 bridgehead atoms. The number of rotatable bonds is 5. The van der Waals surface area contributed by atoms with Crippen molar-refractivity contribution in [1.29, 1.82) is 0 Å². The predicted molar refractivity (Wildman–Crippen MR) is 69.5 cm³/mol. The number of ether oxygens (including phenoxy) is 2. The average molecular weight is 260 g/mol. The number of carbonyl (C=O) groups is 1. The van der Waals surface area contributed by atoms with Gasteiger partial charge in [0.1, 0.15) is 29.4 Å². The molecule has 0 aliphatic heterocycles. The molecule has 0 N–H and O–H groups in total. The van der Waals surface area contributed by atoms with Gasteiger partial charge in [-0.3, -0.25) is 4.79 Å². The summed E-state index contributed by atoms with van der Waals surface area (Å²) in [5, 5.41) is 0. The number of hydrogen-bond acceptors (Lipinski definition) is 3. The van der Waals surface area contributed by atoms with Crippen molar-refractivity contribution in [2.24, 2.45) is 0 Å². The van der Waals surface area contributed by atoms with Gasteiger partial charge in [0.25, 0.3) is 0 Å². The van der Waals surface area contributed by atoms with Crippen molar-refractivity contribution in [3.05, 3.63) is 53.8 Å². The molecule has 2 aromatic carbocycles. The monoisotopic (exact) mass is 260 g/mol. The normalized spacial score (nSPS) is 10.0. The van der Waals surface area contributed by atoms with Crippen LogP contribution in [0.5, 0.6) is 17.2 Å². The largest absolute Gasteiger partial charge is 0.494 e. The van der Waals surface area contributed by atoms with E-state index in [-0.39, 0.29) is 11.3 Å². The first-order valence-corrected chi connectivity index (χ1v) is 5.87. The lowest BCUT2D eigenvalue weighted by molar-refractivity contribution is 0.112. The van der Waals surface area contributed by atoms with Gasteiger partial charge in [0, 0.05) is 11.6 Å². The third kappa shape index (κ3) is 3.55. The molecule has 0 unspecified atom stereocenters. The Morgan fingerprint density at radius 3 is 2.37 bits per heavy atom. The van der Waals surface area contributed by atoms with Crippen molar-refractivity contribution >= 4 is 6.29 Å². The van der Waals surface area contributed by atoms with E-state index in [9.17, 15) is 9.18 Å². The molecule has 0 aliphatic rings. The van der Waals surface area contributed by atoms with Gasteiger partial charge in [-0.1, -0.05) is 0 Å². The van der Waals surface area contributed by atoms with Crippen molar-refractivity contribution in [3.8, 4) is 17.2 Å². The molecule has 0 aromatic heterocycles. The summed E-state index contributed by atoms with van der Waals surface area (Å²) >= 11 is 0. The van der Waals surface area contributed by atoms with Gasteiger partial charge in [-0.2, -0.15) is 0 Å². The van der Waals surface area contributed by atoms with Crippen LogP contribution in [0, 0.1) is 5.82 Å². The molecule has 2 rings (SSSR count). The number of hydrogen-bond donors (Lipinski definition) is 0. The molecule has 98 valence electrons. The van der Waals surface area contributed by atoms with E-state index < -0.39 is 5.82 Å². The van der Waals surface area contributed by atoms with Gasteiger partial charge in [0.05, 0.1) is 6.61 Å². The standard InChI is InChI=1S/C15H13FO3/c1-2-18-13-3-5-14(6-4-13)19-15-8-11(10-17)7-12(16)9-15/h3-10H,2H2,1H3. The maximum absolute atomic E-state index is 13.2. The summed E-state index contributed by atoms with van der Waals surface area (Å²) in [5.41, 5.74) is 0.237. The molecule has 0 saturated heterocycles. The minimum Gasteiger partial charge on any atom is -0.494 e. The highest BCUT2D eigenvalue weighted by molar-refractivity contribution is 5.75. The fourth-order valence-electron chi connectivity index (χ4n) is 1.62. The minimum absolute atomic E-state index is 0.237. The van der Waals surface area contributed by atoms with Crippen LogP contribution in [0.2, 0.25) is 0 Å². The Morgan fingerprint density at radius 2 is 1.74 bits per heavy atom. The summed E-state index contributed by atoms with van der Waals surface area (Å²) in [6.07, 6.45) is 0.578. The van der Waals surface area contributed by atoms with E-state index >= 15 is 0 Å². The van der Waals surface area contributed by atoms with Gasteiger partial charge in [-0.25, -0.2) is 4.39 Å². The Labute approximate surface area is 110 Å². The second-order valence-electron chi connectivity index (χ2n) is 3.84. The summed E-state index contributed by atoms with van der Waals surface area (Å²) in [4.78, 5) is 10.6. The van der Waals surface area contributed by atoms with Gasteiger partial charge in [-0.05, 0) is 43.3 Å². The molecule has 0 atom stereocenters. The van der Waals surface area contributed by atoms with Crippen molar-refractivity contribution < 1.29 is 18.7 Å². The second-order valence-corrected chi connectivity index (χ2v) is 3.84. The molecule has 2 aromatic rings. The number of aldehydes is 1. The van der Waals surface area contributed by atoms with Crippen LogP contribution >= 0.6 is 0 Å². The third-order valence-corrected chi connectivity index (χ3v) is 2.40. The molecule has 0 saturated carbocycles.